The second-order valence-corrected chi connectivity index (χ2v) is 5.05. The summed E-state index contributed by atoms with van der Waals surface area (Å²) >= 11 is 9.35. The molecule has 1 aromatic rings. The first-order valence-corrected chi connectivity index (χ1v) is 6.13. The molecule has 1 aromatic carbocycles. The largest absolute Gasteiger partial charge is 0.486 e. The van der Waals surface area contributed by atoms with E-state index in [9.17, 15) is 5.11 Å². The van der Waals surface area contributed by atoms with Gasteiger partial charge >= 0.3 is 0 Å². The van der Waals surface area contributed by atoms with E-state index in [-0.39, 0.29) is 12.2 Å². The van der Waals surface area contributed by atoms with E-state index >= 15 is 0 Å². The number of rotatable bonds is 2. The molecule has 2 rings (SSSR count). The molecule has 0 aliphatic heterocycles. The molecule has 0 radical (unpaired) electrons. The van der Waals surface area contributed by atoms with Gasteiger partial charge in [0.15, 0.2) is 0 Å². The summed E-state index contributed by atoms with van der Waals surface area (Å²) in [5.74, 6) is 0.636. The number of hydrogen-bond acceptors (Lipinski definition) is 2. The van der Waals surface area contributed by atoms with Crippen LogP contribution in [0.3, 0.4) is 0 Å². The molecule has 0 bridgehead atoms. The number of halogens is 2. The van der Waals surface area contributed by atoms with Gasteiger partial charge in [0.05, 0.1) is 11.1 Å². The molecule has 4 heteroatoms. The first-order chi connectivity index (χ1) is 7.16. The first kappa shape index (κ1) is 11.2. The first-order valence-electron chi connectivity index (χ1n) is 4.96. The van der Waals surface area contributed by atoms with Crippen LogP contribution >= 0.6 is 27.5 Å². The van der Waals surface area contributed by atoms with E-state index in [1.165, 1.54) is 0 Å². The van der Waals surface area contributed by atoms with Crippen LogP contribution in [0.4, 0.5) is 0 Å². The zero-order valence-electron chi connectivity index (χ0n) is 8.12. The molecule has 0 aromatic heterocycles. The van der Waals surface area contributed by atoms with Crippen LogP contribution in [0.5, 0.6) is 5.75 Å². The Balaban J connectivity index is 2.12. The topological polar surface area (TPSA) is 29.5 Å². The summed E-state index contributed by atoms with van der Waals surface area (Å²) in [6.45, 7) is 0. The van der Waals surface area contributed by atoms with Crippen molar-refractivity contribution in [3.8, 4) is 5.75 Å². The standard InChI is InChI=1S/C11H12BrClO2/c12-7-4-5-8(13)11(6-7)15-10-3-1-2-9(10)14/h4-6,9-10,14H,1-3H2/t9-,10-/m1/s1. The van der Waals surface area contributed by atoms with Crippen LogP contribution < -0.4 is 4.74 Å². The molecule has 0 heterocycles. The van der Waals surface area contributed by atoms with Crippen molar-refractivity contribution >= 4 is 27.5 Å². The van der Waals surface area contributed by atoms with Crippen molar-refractivity contribution in [1.82, 2.24) is 0 Å². The predicted octanol–water partition coefficient (Wildman–Crippen LogP) is 3.39. The van der Waals surface area contributed by atoms with E-state index in [2.05, 4.69) is 15.9 Å². The normalized spacial score (nSPS) is 25.5. The molecule has 82 valence electrons. The molecule has 1 saturated carbocycles. The summed E-state index contributed by atoms with van der Waals surface area (Å²) in [5.41, 5.74) is 0. The lowest BCUT2D eigenvalue weighted by atomic mass is 10.2. The molecule has 0 spiro atoms. The summed E-state index contributed by atoms with van der Waals surface area (Å²) in [5, 5.41) is 10.2. The molecule has 1 aliphatic rings. The Bertz CT molecular complexity index is 356. The molecule has 2 atom stereocenters. The molecule has 15 heavy (non-hydrogen) atoms. The average molecular weight is 292 g/mol. The zero-order valence-corrected chi connectivity index (χ0v) is 10.5. The minimum atomic E-state index is -0.361. The van der Waals surface area contributed by atoms with Crippen LogP contribution in [0.2, 0.25) is 5.02 Å². The zero-order chi connectivity index (χ0) is 10.8. The van der Waals surface area contributed by atoms with Gasteiger partial charge in [-0.15, -0.1) is 0 Å². The lowest BCUT2D eigenvalue weighted by Crippen LogP contribution is -2.25. The van der Waals surface area contributed by atoms with Crippen molar-refractivity contribution in [2.24, 2.45) is 0 Å². The minimum absolute atomic E-state index is 0.114. The molecule has 0 saturated heterocycles. The molecular formula is C11H12BrClO2. The summed E-state index contributed by atoms with van der Waals surface area (Å²) in [7, 11) is 0. The number of aliphatic hydroxyl groups is 1. The maximum absolute atomic E-state index is 9.63. The van der Waals surface area contributed by atoms with Crippen LogP contribution in [0, 0.1) is 0 Å². The summed E-state index contributed by atoms with van der Waals surface area (Å²) in [6, 6.07) is 5.47. The van der Waals surface area contributed by atoms with Gasteiger partial charge in [-0.05, 0) is 37.5 Å². The minimum Gasteiger partial charge on any atom is -0.486 e. The molecule has 1 aliphatic carbocycles. The number of ether oxygens (including phenoxy) is 1. The highest BCUT2D eigenvalue weighted by Crippen LogP contribution is 2.32. The van der Waals surface area contributed by atoms with Crippen LogP contribution in [-0.4, -0.2) is 17.3 Å². The second kappa shape index (κ2) is 4.73. The molecular weight excluding hydrogens is 279 g/mol. The Kier molecular flexibility index (Phi) is 3.54. The molecule has 0 unspecified atom stereocenters. The van der Waals surface area contributed by atoms with Crippen molar-refractivity contribution in [3.63, 3.8) is 0 Å². The van der Waals surface area contributed by atoms with E-state index in [0.717, 1.165) is 23.7 Å². The second-order valence-electron chi connectivity index (χ2n) is 3.73. The van der Waals surface area contributed by atoms with Gasteiger partial charge in [0.2, 0.25) is 0 Å². The third-order valence-electron chi connectivity index (χ3n) is 2.59. The SMILES string of the molecule is O[C@@H]1CCC[C@H]1Oc1cc(Br)ccc1Cl. The average Bonchev–Trinajstić information content (AvgIpc) is 2.58. The fourth-order valence-electron chi connectivity index (χ4n) is 1.77. The Hall–Kier alpha value is -0.250. The molecule has 0 amide bonds. The highest BCUT2D eigenvalue weighted by Gasteiger charge is 2.27. The van der Waals surface area contributed by atoms with E-state index in [1.54, 1.807) is 6.07 Å². The summed E-state index contributed by atoms with van der Waals surface area (Å²) in [6.07, 6.45) is 2.24. The third-order valence-corrected chi connectivity index (χ3v) is 3.39. The smallest absolute Gasteiger partial charge is 0.139 e. The molecule has 1 fully saturated rings. The monoisotopic (exact) mass is 290 g/mol. The van der Waals surface area contributed by atoms with Gasteiger partial charge in [0.25, 0.3) is 0 Å². The Morgan fingerprint density at radius 2 is 2.20 bits per heavy atom. The van der Waals surface area contributed by atoms with Gasteiger partial charge in [-0.1, -0.05) is 27.5 Å². The van der Waals surface area contributed by atoms with Gasteiger partial charge in [-0.2, -0.15) is 0 Å². The van der Waals surface area contributed by atoms with Crippen molar-refractivity contribution < 1.29 is 9.84 Å². The van der Waals surface area contributed by atoms with E-state index in [0.29, 0.717) is 10.8 Å². The maximum Gasteiger partial charge on any atom is 0.139 e. The van der Waals surface area contributed by atoms with Crippen molar-refractivity contribution in [2.45, 2.75) is 31.5 Å². The van der Waals surface area contributed by atoms with E-state index in [1.807, 2.05) is 12.1 Å². The fraction of sp³-hybridized carbons (Fsp3) is 0.455. The van der Waals surface area contributed by atoms with Crippen LogP contribution in [-0.2, 0) is 0 Å². The van der Waals surface area contributed by atoms with Crippen LogP contribution in [0.15, 0.2) is 22.7 Å². The Morgan fingerprint density at radius 3 is 2.87 bits per heavy atom. The Labute approximate surface area is 102 Å². The summed E-state index contributed by atoms with van der Waals surface area (Å²) < 4.78 is 6.61. The van der Waals surface area contributed by atoms with Crippen molar-refractivity contribution in [1.29, 1.82) is 0 Å². The molecule has 2 nitrogen and oxygen atoms in total. The van der Waals surface area contributed by atoms with Crippen LogP contribution in [0.25, 0.3) is 0 Å². The van der Waals surface area contributed by atoms with Crippen molar-refractivity contribution in [3.05, 3.63) is 27.7 Å². The lowest BCUT2D eigenvalue weighted by Gasteiger charge is -2.18. The maximum atomic E-state index is 9.63. The predicted molar refractivity (Wildman–Crippen MR) is 63.4 cm³/mol. The van der Waals surface area contributed by atoms with E-state index < -0.39 is 0 Å². The van der Waals surface area contributed by atoms with Gasteiger partial charge in [0.1, 0.15) is 11.9 Å². The van der Waals surface area contributed by atoms with E-state index in [4.69, 9.17) is 16.3 Å². The highest BCUT2D eigenvalue weighted by atomic mass is 79.9. The van der Waals surface area contributed by atoms with Gasteiger partial charge in [-0.25, -0.2) is 0 Å². The number of hydrogen-bond donors (Lipinski definition) is 1. The Morgan fingerprint density at radius 1 is 1.40 bits per heavy atom. The van der Waals surface area contributed by atoms with Gasteiger partial charge in [0, 0.05) is 4.47 Å². The summed E-state index contributed by atoms with van der Waals surface area (Å²) in [4.78, 5) is 0. The number of benzene rings is 1. The highest BCUT2D eigenvalue weighted by molar-refractivity contribution is 9.10. The van der Waals surface area contributed by atoms with Crippen LogP contribution in [0.1, 0.15) is 19.3 Å². The quantitative estimate of drug-likeness (QED) is 0.905. The van der Waals surface area contributed by atoms with Gasteiger partial charge in [-0.3, -0.25) is 0 Å². The molecule has 1 N–H and O–H groups in total. The number of aliphatic hydroxyl groups excluding tert-OH is 1. The van der Waals surface area contributed by atoms with Crippen molar-refractivity contribution in [2.75, 3.05) is 0 Å². The lowest BCUT2D eigenvalue weighted by molar-refractivity contribution is 0.0604. The third kappa shape index (κ3) is 2.65. The van der Waals surface area contributed by atoms with Gasteiger partial charge < -0.3 is 9.84 Å². The fourth-order valence-corrected chi connectivity index (χ4v) is 2.28.